The predicted molar refractivity (Wildman–Crippen MR) is 76.5 cm³/mol. The monoisotopic (exact) mass is 290 g/mol. The van der Waals surface area contributed by atoms with Gasteiger partial charge >= 0.3 is 0 Å². The van der Waals surface area contributed by atoms with Crippen molar-refractivity contribution in [3.8, 4) is 11.5 Å². The summed E-state index contributed by atoms with van der Waals surface area (Å²) in [6.45, 7) is 0. The Labute approximate surface area is 120 Å². The summed E-state index contributed by atoms with van der Waals surface area (Å²) in [4.78, 5) is 11.9. The molecule has 0 saturated carbocycles. The van der Waals surface area contributed by atoms with Gasteiger partial charge in [0.15, 0.2) is 11.6 Å². The smallest absolute Gasteiger partial charge is 0.241 e. The van der Waals surface area contributed by atoms with Crippen LogP contribution in [0.3, 0.4) is 0 Å². The van der Waals surface area contributed by atoms with Gasteiger partial charge in [0.05, 0.1) is 6.04 Å². The Balaban J connectivity index is 1.98. The first kappa shape index (κ1) is 14.8. The van der Waals surface area contributed by atoms with Crippen molar-refractivity contribution in [3.63, 3.8) is 0 Å². The number of carbonyl (C=O) groups is 1. The fourth-order valence-electron chi connectivity index (χ4n) is 1.80. The highest BCUT2D eigenvalue weighted by Crippen LogP contribution is 2.19. The zero-order chi connectivity index (χ0) is 15.4. The molecule has 0 aliphatic rings. The molecular weight excluding hydrogens is 275 g/mol. The summed E-state index contributed by atoms with van der Waals surface area (Å²) in [5, 5.41) is 20.7. The molecule has 0 unspecified atom stereocenters. The van der Waals surface area contributed by atoms with Gasteiger partial charge < -0.3 is 21.3 Å². The van der Waals surface area contributed by atoms with Gasteiger partial charge in [-0.25, -0.2) is 4.39 Å². The van der Waals surface area contributed by atoms with Crippen LogP contribution in [-0.4, -0.2) is 22.2 Å². The lowest BCUT2D eigenvalue weighted by molar-refractivity contribution is -0.117. The van der Waals surface area contributed by atoms with E-state index in [1.165, 1.54) is 18.2 Å². The Morgan fingerprint density at radius 3 is 2.48 bits per heavy atom. The number of halogens is 1. The molecule has 0 aromatic heterocycles. The van der Waals surface area contributed by atoms with Gasteiger partial charge in [0.25, 0.3) is 0 Å². The molecule has 0 spiro atoms. The number of phenols is 2. The second-order valence-corrected chi connectivity index (χ2v) is 4.63. The minimum atomic E-state index is -0.820. The summed E-state index contributed by atoms with van der Waals surface area (Å²) in [5.74, 6) is -1.63. The summed E-state index contributed by atoms with van der Waals surface area (Å²) in [5.41, 5.74) is 6.80. The van der Waals surface area contributed by atoms with Crippen LogP contribution in [-0.2, 0) is 11.2 Å². The van der Waals surface area contributed by atoms with E-state index in [4.69, 9.17) is 10.8 Å². The van der Waals surface area contributed by atoms with Crippen LogP contribution < -0.4 is 11.1 Å². The molecule has 21 heavy (non-hydrogen) atoms. The summed E-state index contributed by atoms with van der Waals surface area (Å²) in [7, 11) is 0. The Kier molecular flexibility index (Phi) is 4.39. The van der Waals surface area contributed by atoms with Crippen LogP contribution in [0.2, 0.25) is 0 Å². The SMILES string of the molecule is N[C@@H](Cc1ccc(O)cc1)C(=O)Nc1ccc(O)c(F)c1. The number of phenolic OH excluding ortho intramolecular Hbond substituents is 2. The number of rotatable bonds is 4. The van der Waals surface area contributed by atoms with E-state index in [0.717, 1.165) is 17.7 Å². The largest absolute Gasteiger partial charge is 0.508 e. The molecule has 5 N–H and O–H groups in total. The molecule has 0 saturated heterocycles. The Morgan fingerprint density at radius 1 is 1.19 bits per heavy atom. The first-order chi connectivity index (χ1) is 9.95. The average molecular weight is 290 g/mol. The van der Waals surface area contributed by atoms with Crippen molar-refractivity contribution in [2.45, 2.75) is 12.5 Å². The fraction of sp³-hybridized carbons (Fsp3) is 0.133. The quantitative estimate of drug-likeness (QED) is 0.645. The van der Waals surface area contributed by atoms with Crippen molar-refractivity contribution < 1.29 is 19.4 Å². The third kappa shape index (κ3) is 3.93. The minimum Gasteiger partial charge on any atom is -0.508 e. The Hall–Kier alpha value is -2.60. The third-order valence-corrected chi connectivity index (χ3v) is 2.94. The van der Waals surface area contributed by atoms with Crippen LogP contribution >= 0.6 is 0 Å². The van der Waals surface area contributed by atoms with E-state index in [0.29, 0.717) is 0 Å². The van der Waals surface area contributed by atoms with E-state index < -0.39 is 23.5 Å². The maximum atomic E-state index is 13.2. The number of nitrogens with two attached hydrogens (primary N) is 1. The minimum absolute atomic E-state index is 0.136. The molecule has 6 heteroatoms. The van der Waals surface area contributed by atoms with E-state index in [2.05, 4.69) is 5.32 Å². The van der Waals surface area contributed by atoms with Crippen LogP contribution in [0.4, 0.5) is 10.1 Å². The van der Waals surface area contributed by atoms with E-state index in [1.807, 2.05) is 0 Å². The highest BCUT2D eigenvalue weighted by atomic mass is 19.1. The molecule has 0 fully saturated rings. The Morgan fingerprint density at radius 2 is 1.86 bits per heavy atom. The van der Waals surface area contributed by atoms with Gasteiger partial charge in [-0.3, -0.25) is 4.79 Å². The highest BCUT2D eigenvalue weighted by molar-refractivity contribution is 5.94. The second kappa shape index (κ2) is 6.23. The second-order valence-electron chi connectivity index (χ2n) is 4.63. The number of hydrogen-bond acceptors (Lipinski definition) is 4. The molecule has 2 rings (SSSR count). The maximum absolute atomic E-state index is 13.2. The normalized spacial score (nSPS) is 11.9. The zero-order valence-electron chi connectivity index (χ0n) is 11.1. The van der Waals surface area contributed by atoms with Crippen LogP contribution in [0.1, 0.15) is 5.56 Å². The number of benzene rings is 2. The van der Waals surface area contributed by atoms with Crippen LogP contribution in [0, 0.1) is 5.82 Å². The number of nitrogens with one attached hydrogen (secondary N) is 1. The van der Waals surface area contributed by atoms with Crippen LogP contribution in [0.25, 0.3) is 0 Å². The van der Waals surface area contributed by atoms with Gasteiger partial charge in [-0.1, -0.05) is 12.1 Å². The first-order valence-corrected chi connectivity index (χ1v) is 6.28. The third-order valence-electron chi connectivity index (χ3n) is 2.94. The predicted octanol–water partition coefficient (Wildman–Crippen LogP) is 1.75. The molecule has 110 valence electrons. The molecule has 1 atom stereocenters. The van der Waals surface area contributed by atoms with Crippen LogP contribution in [0.5, 0.6) is 11.5 Å². The van der Waals surface area contributed by atoms with E-state index in [9.17, 15) is 14.3 Å². The highest BCUT2D eigenvalue weighted by Gasteiger charge is 2.15. The topological polar surface area (TPSA) is 95.6 Å². The molecule has 0 radical (unpaired) electrons. The van der Waals surface area contributed by atoms with Gasteiger partial charge in [0.1, 0.15) is 5.75 Å². The van der Waals surface area contributed by atoms with Crippen molar-refractivity contribution in [2.75, 3.05) is 5.32 Å². The summed E-state index contributed by atoms with van der Waals surface area (Å²) in [6.07, 6.45) is 0.284. The number of anilines is 1. The van der Waals surface area contributed by atoms with Gasteiger partial charge in [0, 0.05) is 11.8 Å². The average Bonchev–Trinajstić information content (AvgIpc) is 2.45. The molecule has 1 amide bonds. The number of carbonyl (C=O) groups excluding carboxylic acids is 1. The number of hydrogen-bond donors (Lipinski definition) is 4. The van der Waals surface area contributed by atoms with Crippen molar-refractivity contribution in [1.82, 2.24) is 0 Å². The lowest BCUT2D eigenvalue weighted by atomic mass is 10.1. The van der Waals surface area contributed by atoms with Gasteiger partial charge in [-0.05, 0) is 36.2 Å². The lowest BCUT2D eigenvalue weighted by Gasteiger charge is -2.12. The molecular formula is C15H15FN2O3. The molecule has 2 aromatic carbocycles. The molecule has 2 aromatic rings. The van der Waals surface area contributed by atoms with E-state index >= 15 is 0 Å². The number of aromatic hydroxyl groups is 2. The summed E-state index contributed by atoms with van der Waals surface area (Å²) in [6, 6.07) is 9.09. The first-order valence-electron chi connectivity index (χ1n) is 6.28. The van der Waals surface area contributed by atoms with E-state index in [-0.39, 0.29) is 17.9 Å². The van der Waals surface area contributed by atoms with E-state index in [1.54, 1.807) is 12.1 Å². The lowest BCUT2D eigenvalue weighted by Crippen LogP contribution is -2.37. The molecule has 5 nitrogen and oxygen atoms in total. The van der Waals surface area contributed by atoms with Crippen molar-refractivity contribution in [2.24, 2.45) is 5.73 Å². The van der Waals surface area contributed by atoms with Crippen molar-refractivity contribution in [3.05, 3.63) is 53.8 Å². The zero-order valence-corrected chi connectivity index (χ0v) is 11.1. The summed E-state index contributed by atoms with van der Waals surface area (Å²) < 4.78 is 13.2. The Bertz CT molecular complexity index is 644. The van der Waals surface area contributed by atoms with Crippen molar-refractivity contribution in [1.29, 1.82) is 0 Å². The molecule has 0 bridgehead atoms. The molecule has 0 aliphatic heterocycles. The molecule has 0 heterocycles. The number of amides is 1. The summed E-state index contributed by atoms with van der Waals surface area (Å²) >= 11 is 0. The standard InChI is InChI=1S/C15H15FN2O3/c16-12-8-10(3-6-14(12)20)18-15(21)13(17)7-9-1-4-11(19)5-2-9/h1-6,8,13,19-20H,7,17H2,(H,18,21)/t13-/m0/s1. The van der Waals surface area contributed by atoms with Gasteiger partial charge in [0.2, 0.25) is 5.91 Å². The van der Waals surface area contributed by atoms with Gasteiger partial charge in [-0.2, -0.15) is 0 Å². The fourth-order valence-corrected chi connectivity index (χ4v) is 1.80. The maximum Gasteiger partial charge on any atom is 0.241 e. The van der Waals surface area contributed by atoms with Crippen molar-refractivity contribution >= 4 is 11.6 Å². The molecule has 0 aliphatic carbocycles. The van der Waals surface area contributed by atoms with Crippen LogP contribution in [0.15, 0.2) is 42.5 Å². The van der Waals surface area contributed by atoms with Gasteiger partial charge in [-0.15, -0.1) is 0 Å².